The van der Waals surface area contributed by atoms with Gasteiger partial charge in [-0.25, -0.2) is 0 Å². The van der Waals surface area contributed by atoms with Crippen LogP contribution >= 0.6 is 27.7 Å². The molecule has 21 heavy (non-hydrogen) atoms. The fourth-order valence-corrected chi connectivity index (χ4v) is 3.13. The first-order chi connectivity index (χ1) is 10.2. The molecule has 2 nitrogen and oxygen atoms in total. The molecule has 2 aromatic rings. The van der Waals surface area contributed by atoms with E-state index in [1.54, 1.807) is 18.9 Å². The average molecular weight is 366 g/mol. The predicted octanol–water partition coefficient (Wildman–Crippen LogP) is 4.88. The molecule has 0 bridgehead atoms. The van der Waals surface area contributed by atoms with E-state index in [0.29, 0.717) is 0 Å². The zero-order valence-corrected chi connectivity index (χ0v) is 14.9. The largest absolute Gasteiger partial charge is 0.496 e. The number of rotatable bonds is 6. The first-order valence-electron chi connectivity index (χ1n) is 6.90. The number of benzene rings is 2. The quantitative estimate of drug-likeness (QED) is 0.737. The van der Waals surface area contributed by atoms with Crippen molar-refractivity contribution in [2.24, 2.45) is 0 Å². The second kappa shape index (κ2) is 7.87. The summed E-state index contributed by atoms with van der Waals surface area (Å²) in [6.07, 6.45) is 2.09. The second-order valence-corrected chi connectivity index (χ2v) is 6.45. The Labute approximate surface area is 139 Å². The highest BCUT2D eigenvalue weighted by atomic mass is 79.9. The van der Waals surface area contributed by atoms with E-state index >= 15 is 0 Å². The van der Waals surface area contributed by atoms with E-state index in [9.17, 15) is 0 Å². The Morgan fingerprint density at radius 3 is 2.48 bits per heavy atom. The molecule has 0 saturated carbocycles. The molecule has 0 saturated heterocycles. The van der Waals surface area contributed by atoms with Gasteiger partial charge in [-0.15, -0.1) is 11.8 Å². The monoisotopic (exact) mass is 365 g/mol. The minimum atomic E-state index is 0.123. The van der Waals surface area contributed by atoms with Crippen LogP contribution in [0.4, 0.5) is 0 Å². The van der Waals surface area contributed by atoms with E-state index in [1.807, 2.05) is 12.1 Å². The number of thioether (sulfide) groups is 1. The summed E-state index contributed by atoms with van der Waals surface area (Å²) in [4.78, 5) is 1.27. The number of nitrogens with one attached hydrogen (secondary N) is 1. The Morgan fingerprint density at radius 1 is 1.19 bits per heavy atom. The van der Waals surface area contributed by atoms with E-state index in [1.165, 1.54) is 10.5 Å². The lowest BCUT2D eigenvalue weighted by Gasteiger charge is -2.22. The van der Waals surface area contributed by atoms with E-state index in [2.05, 4.69) is 64.8 Å². The Kier molecular flexibility index (Phi) is 6.15. The van der Waals surface area contributed by atoms with Crippen molar-refractivity contribution in [1.82, 2.24) is 5.32 Å². The fourth-order valence-electron chi connectivity index (χ4n) is 2.34. The van der Waals surface area contributed by atoms with Gasteiger partial charge in [-0.05, 0) is 48.7 Å². The lowest BCUT2D eigenvalue weighted by molar-refractivity contribution is 0.404. The van der Waals surface area contributed by atoms with Crippen LogP contribution in [-0.4, -0.2) is 19.9 Å². The maximum Gasteiger partial charge on any atom is 0.124 e. The highest BCUT2D eigenvalue weighted by Gasteiger charge is 2.17. The predicted molar refractivity (Wildman–Crippen MR) is 94.4 cm³/mol. The van der Waals surface area contributed by atoms with Crippen LogP contribution in [0.3, 0.4) is 0 Å². The SMILES string of the molecule is CCNC(c1ccc(SC)cc1)c1cc(Br)ccc1OC. The van der Waals surface area contributed by atoms with Gasteiger partial charge in [0, 0.05) is 14.9 Å². The molecule has 1 unspecified atom stereocenters. The van der Waals surface area contributed by atoms with Gasteiger partial charge in [0.05, 0.1) is 13.2 Å². The molecule has 1 N–H and O–H groups in total. The normalized spacial score (nSPS) is 12.2. The summed E-state index contributed by atoms with van der Waals surface area (Å²) >= 11 is 5.31. The fraction of sp³-hybridized carbons (Fsp3) is 0.294. The van der Waals surface area contributed by atoms with E-state index < -0.39 is 0 Å². The maximum absolute atomic E-state index is 5.53. The third kappa shape index (κ3) is 4.02. The van der Waals surface area contributed by atoms with Crippen molar-refractivity contribution in [2.75, 3.05) is 19.9 Å². The van der Waals surface area contributed by atoms with E-state index in [0.717, 1.165) is 22.3 Å². The Balaban J connectivity index is 2.44. The molecule has 0 spiro atoms. The number of halogens is 1. The molecule has 0 aliphatic heterocycles. The van der Waals surface area contributed by atoms with Crippen LogP contribution in [0.1, 0.15) is 24.1 Å². The summed E-state index contributed by atoms with van der Waals surface area (Å²) < 4.78 is 6.59. The summed E-state index contributed by atoms with van der Waals surface area (Å²) in [6.45, 7) is 3.01. The Morgan fingerprint density at radius 2 is 1.90 bits per heavy atom. The van der Waals surface area contributed by atoms with Gasteiger partial charge >= 0.3 is 0 Å². The summed E-state index contributed by atoms with van der Waals surface area (Å²) in [5, 5.41) is 3.55. The second-order valence-electron chi connectivity index (χ2n) is 4.65. The van der Waals surface area contributed by atoms with Gasteiger partial charge in [0.1, 0.15) is 5.75 Å². The number of methoxy groups -OCH3 is 1. The van der Waals surface area contributed by atoms with E-state index in [-0.39, 0.29) is 6.04 Å². The molecule has 0 aromatic heterocycles. The van der Waals surface area contributed by atoms with Crippen molar-refractivity contribution < 1.29 is 4.74 Å². The molecule has 4 heteroatoms. The summed E-state index contributed by atoms with van der Waals surface area (Å²) in [6, 6.07) is 14.9. The van der Waals surface area contributed by atoms with Crippen molar-refractivity contribution in [3.63, 3.8) is 0 Å². The minimum Gasteiger partial charge on any atom is -0.496 e. The van der Waals surface area contributed by atoms with Crippen LogP contribution in [0.25, 0.3) is 0 Å². The molecule has 0 heterocycles. The lowest BCUT2D eigenvalue weighted by Crippen LogP contribution is -2.22. The minimum absolute atomic E-state index is 0.123. The highest BCUT2D eigenvalue weighted by Crippen LogP contribution is 2.33. The van der Waals surface area contributed by atoms with Gasteiger partial charge in [0.25, 0.3) is 0 Å². The third-order valence-corrected chi connectivity index (χ3v) is 4.60. The first-order valence-corrected chi connectivity index (χ1v) is 8.92. The zero-order chi connectivity index (χ0) is 15.2. The molecule has 0 aliphatic rings. The molecular formula is C17H20BrNOS. The third-order valence-electron chi connectivity index (χ3n) is 3.36. The summed E-state index contributed by atoms with van der Waals surface area (Å²) in [7, 11) is 1.71. The molecule has 0 radical (unpaired) electrons. The average Bonchev–Trinajstić information content (AvgIpc) is 2.53. The van der Waals surface area contributed by atoms with Crippen molar-refractivity contribution in [3.05, 3.63) is 58.1 Å². The lowest BCUT2D eigenvalue weighted by atomic mass is 9.98. The van der Waals surface area contributed by atoms with Crippen LogP contribution in [0.5, 0.6) is 5.75 Å². The van der Waals surface area contributed by atoms with Crippen LogP contribution in [0.2, 0.25) is 0 Å². The van der Waals surface area contributed by atoms with Gasteiger partial charge in [-0.1, -0.05) is 35.0 Å². The van der Waals surface area contributed by atoms with Crippen molar-refractivity contribution in [3.8, 4) is 5.75 Å². The van der Waals surface area contributed by atoms with E-state index in [4.69, 9.17) is 4.74 Å². The molecule has 0 fully saturated rings. The van der Waals surface area contributed by atoms with Crippen molar-refractivity contribution in [1.29, 1.82) is 0 Å². The molecular weight excluding hydrogens is 346 g/mol. The number of hydrogen-bond acceptors (Lipinski definition) is 3. The van der Waals surface area contributed by atoms with Crippen molar-refractivity contribution >= 4 is 27.7 Å². The molecule has 0 amide bonds. The zero-order valence-electron chi connectivity index (χ0n) is 12.5. The van der Waals surface area contributed by atoms with Gasteiger partial charge in [-0.3, -0.25) is 0 Å². The molecule has 112 valence electrons. The first kappa shape index (κ1) is 16.4. The van der Waals surface area contributed by atoms with Gasteiger partial charge < -0.3 is 10.1 Å². The standard InChI is InChI=1S/C17H20BrNOS/c1-4-19-17(12-5-8-14(21-3)9-6-12)15-11-13(18)7-10-16(15)20-2/h5-11,17,19H,4H2,1-3H3. The maximum atomic E-state index is 5.53. The molecule has 1 atom stereocenters. The number of ether oxygens (including phenoxy) is 1. The van der Waals surface area contributed by atoms with Gasteiger partial charge in [-0.2, -0.15) is 0 Å². The number of hydrogen-bond donors (Lipinski definition) is 1. The molecule has 2 rings (SSSR count). The van der Waals surface area contributed by atoms with Crippen LogP contribution in [0, 0.1) is 0 Å². The van der Waals surface area contributed by atoms with Gasteiger partial charge in [0.2, 0.25) is 0 Å². The highest BCUT2D eigenvalue weighted by molar-refractivity contribution is 9.10. The smallest absolute Gasteiger partial charge is 0.124 e. The molecule has 0 aliphatic carbocycles. The molecule has 2 aromatic carbocycles. The van der Waals surface area contributed by atoms with Gasteiger partial charge in [0.15, 0.2) is 0 Å². The van der Waals surface area contributed by atoms with Crippen LogP contribution in [0.15, 0.2) is 51.8 Å². The topological polar surface area (TPSA) is 21.3 Å². The Hall–Kier alpha value is -0.970. The van der Waals surface area contributed by atoms with Crippen LogP contribution < -0.4 is 10.1 Å². The van der Waals surface area contributed by atoms with Crippen molar-refractivity contribution in [2.45, 2.75) is 17.9 Å². The summed E-state index contributed by atoms with van der Waals surface area (Å²) in [5.74, 6) is 0.901. The summed E-state index contributed by atoms with van der Waals surface area (Å²) in [5.41, 5.74) is 2.39. The Bertz CT molecular complexity index is 586. The van der Waals surface area contributed by atoms with Crippen LogP contribution in [-0.2, 0) is 0 Å².